The van der Waals surface area contributed by atoms with Crippen molar-refractivity contribution < 1.29 is 9.59 Å². The van der Waals surface area contributed by atoms with Crippen LogP contribution in [0.2, 0.25) is 0 Å². The van der Waals surface area contributed by atoms with E-state index in [0.29, 0.717) is 18.4 Å². The Hall–Kier alpha value is -2.95. The summed E-state index contributed by atoms with van der Waals surface area (Å²) in [5.41, 5.74) is 4.27. The van der Waals surface area contributed by atoms with Gasteiger partial charge in [0.25, 0.3) is 5.91 Å². The lowest BCUT2D eigenvalue weighted by molar-refractivity contribution is -0.131. The molecular weight excluding hydrogens is 410 g/mol. The van der Waals surface area contributed by atoms with Gasteiger partial charge in [-0.3, -0.25) is 19.5 Å². The molecule has 5 nitrogen and oxygen atoms in total. The monoisotopic (exact) mass is 443 g/mol. The number of likely N-dealkylation sites (tertiary alicyclic amines) is 1. The standard InChI is InChI=1S/C20H20N2O.C8H13NO/c1-3-22-18(21-20(11-12-20)19(22)23)16-9-7-15(8-10-16)17-6-4-5-14(2)13-17;10-8(7-3-4-7)9-5-1-2-6-9/h4-10,13H,3,11-12H2,1-2H3;7H,1-6H2. The minimum atomic E-state index is -0.416. The van der Waals surface area contributed by atoms with Gasteiger partial charge in [0, 0.05) is 31.1 Å². The maximum atomic E-state index is 12.4. The quantitative estimate of drug-likeness (QED) is 0.680. The second kappa shape index (κ2) is 8.77. The Morgan fingerprint density at radius 2 is 1.67 bits per heavy atom. The number of carbonyl (C=O) groups excluding carboxylic acids is 2. The number of hydrogen-bond donors (Lipinski definition) is 0. The Balaban J connectivity index is 0.000000190. The van der Waals surface area contributed by atoms with Crippen LogP contribution in [-0.2, 0) is 9.59 Å². The fraction of sp³-hybridized carbons (Fsp3) is 0.464. The molecular formula is C28H33N3O2. The number of aryl methyl sites for hydroxylation is 1. The molecule has 0 radical (unpaired) electrons. The fourth-order valence-electron chi connectivity index (χ4n) is 4.78. The molecule has 3 fully saturated rings. The first-order valence-corrected chi connectivity index (χ1v) is 12.4. The van der Waals surface area contributed by atoms with Gasteiger partial charge >= 0.3 is 0 Å². The van der Waals surface area contributed by atoms with Crippen LogP contribution in [0.25, 0.3) is 11.1 Å². The predicted molar refractivity (Wildman–Crippen MR) is 131 cm³/mol. The Kier molecular flexibility index (Phi) is 5.81. The van der Waals surface area contributed by atoms with Gasteiger partial charge in [-0.05, 0) is 63.5 Å². The molecule has 4 aliphatic rings. The molecule has 1 saturated heterocycles. The Bertz CT molecular complexity index is 1070. The lowest BCUT2D eigenvalue weighted by atomic mass is 10.0. The average Bonchev–Trinajstić information content (AvgIpc) is 3.75. The first-order valence-electron chi connectivity index (χ1n) is 12.4. The van der Waals surface area contributed by atoms with Crippen molar-refractivity contribution in [2.24, 2.45) is 10.9 Å². The lowest BCUT2D eigenvalue weighted by Gasteiger charge is -2.17. The third-order valence-corrected chi connectivity index (χ3v) is 7.10. The first-order chi connectivity index (χ1) is 16.0. The zero-order chi connectivity index (χ0) is 23.0. The Morgan fingerprint density at radius 1 is 1.00 bits per heavy atom. The van der Waals surface area contributed by atoms with Gasteiger partial charge in [0.15, 0.2) is 0 Å². The molecule has 0 aromatic heterocycles. The van der Waals surface area contributed by atoms with E-state index in [0.717, 1.165) is 50.2 Å². The molecule has 2 aliphatic carbocycles. The van der Waals surface area contributed by atoms with Gasteiger partial charge in [0.1, 0.15) is 11.4 Å². The highest BCUT2D eigenvalue weighted by Gasteiger charge is 2.56. The highest BCUT2D eigenvalue weighted by atomic mass is 16.2. The van der Waals surface area contributed by atoms with Crippen LogP contribution in [0.5, 0.6) is 0 Å². The number of benzene rings is 2. The van der Waals surface area contributed by atoms with Crippen molar-refractivity contribution in [3.05, 3.63) is 59.7 Å². The van der Waals surface area contributed by atoms with E-state index in [9.17, 15) is 9.59 Å². The number of amides is 2. The molecule has 2 aromatic carbocycles. The molecule has 0 unspecified atom stereocenters. The lowest BCUT2D eigenvalue weighted by Crippen LogP contribution is -2.36. The molecule has 172 valence electrons. The minimum absolute atomic E-state index is 0.178. The van der Waals surface area contributed by atoms with Crippen molar-refractivity contribution in [3.63, 3.8) is 0 Å². The molecule has 0 N–H and O–H groups in total. The summed E-state index contributed by atoms with van der Waals surface area (Å²) in [6, 6.07) is 16.9. The van der Waals surface area contributed by atoms with Crippen LogP contribution in [0.1, 0.15) is 56.6 Å². The van der Waals surface area contributed by atoms with Crippen LogP contribution < -0.4 is 0 Å². The summed E-state index contributed by atoms with van der Waals surface area (Å²) in [4.78, 5) is 32.4. The predicted octanol–water partition coefficient (Wildman–Crippen LogP) is 4.82. The average molecular weight is 444 g/mol. The first kappa shape index (κ1) is 21.9. The SMILES string of the molecule is CCN1C(=O)C2(CC2)N=C1c1ccc(-c2cccc(C)c2)cc1.O=C(C1CC1)N1CCCC1. The van der Waals surface area contributed by atoms with Crippen molar-refractivity contribution in [2.45, 2.75) is 57.9 Å². The fourth-order valence-corrected chi connectivity index (χ4v) is 4.78. The third kappa shape index (κ3) is 4.46. The molecule has 1 spiro atoms. The summed E-state index contributed by atoms with van der Waals surface area (Å²) in [5, 5.41) is 0. The van der Waals surface area contributed by atoms with E-state index in [1.165, 1.54) is 29.5 Å². The minimum Gasteiger partial charge on any atom is -0.342 e. The van der Waals surface area contributed by atoms with Gasteiger partial charge in [-0.15, -0.1) is 0 Å². The van der Waals surface area contributed by atoms with Crippen LogP contribution in [0.4, 0.5) is 0 Å². The molecule has 2 aliphatic heterocycles. The molecule has 33 heavy (non-hydrogen) atoms. The van der Waals surface area contributed by atoms with Crippen molar-refractivity contribution >= 4 is 17.6 Å². The van der Waals surface area contributed by atoms with E-state index in [-0.39, 0.29) is 5.91 Å². The maximum Gasteiger partial charge on any atom is 0.256 e. The van der Waals surface area contributed by atoms with Crippen molar-refractivity contribution in [1.82, 2.24) is 9.80 Å². The summed E-state index contributed by atoms with van der Waals surface area (Å²) in [6.45, 7) is 6.84. The third-order valence-electron chi connectivity index (χ3n) is 7.10. The molecule has 2 amide bonds. The van der Waals surface area contributed by atoms with E-state index in [1.807, 2.05) is 16.7 Å². The highest BCUT2D eigenvalue weighted by molar-refractivity contribution is 6.16. The van der Waals surface area contributed by atoms with E-state index in [2.05, 4.69) is 55.5 Å². The van der Waals surface area contributed by atoms with Crippen molar-refractivity contribution in [2.75, 3.05) is 19.6 Å². The number of nitrogens with zero attached hydrogens (tertiary/aromatic N) is 3. The maximum absolute atomic E-state index is 12.4. The van der Waals surface area contributed by atoms with E-state index in [1.54, 1.807) is 0 Å². The topological polar surface area (TPSA) is 53.0 Å². The number of hydrogen-bond acceptors (Lipinski definition) is 3. The number of rotatable bonds is 4. The molecule has 0 atom stereocenters. The molecule has 0 bridgehead atoms. The Labute approximate surface area is 196 Å². The molecule has 2 saturated carbocycles. The second-order valence-corrected chi connectivity index (χ2v) is 9.77. The number of amidine groups is 1. The van der Waals surface area contributed by atoms with Gasteiger partial charge in [-0.25, -0.2) is 0 Å². The molecule has 2 aromatic rings. The molecule has 5 heteroatoms. The summed E-state index contributed by atoms with van der Waals surface area (Å²) in [7, 11) is 0. The second-order valence-electron chi connectivity index (χ2n) is 9.77. The van der Waals surface area contributed by atoms with Crippen LogP contribution >= 0.6 is 0 Å². The number of carbonyl (C=O) groups is 2. The summed E-state index contributed by atoms with van der Waals surface area (Å²) >= 11 is 0. The van der Waals surface area contributed by atoms with Crippen LogP contribution in [0, 0.1) is 12.8 Å². The van der Waals surface area contributed by atoms with Crippen molar-refractivity contribution in [3.8, 4) is 11.1 Å². The normalized spacial score (nSPS) is 20.5. The van der Waals surface area contributed by atoms with Crippen LogP contribution in [0.3, 0.4) is 0 Å². The van der Waals surface area contributed by atoms with E-state index in [4.69, 9.17) is 4.99 Å². The molecule has 2 heterocycles. The summed E-state index contributed by atoms with van der Waals surface area (Å²) in [5.74, 6) is 1.87. The van der Waals surface area contributed by atoms with Crippen LogP contribution in [0.15, 0.2) is 53.5 Å². The largest absolute Gasteiger partial charge is 0.342 e. The van der Waals surface area contributed by atoms with Gasteiger partial charge in [-0.1, -0.05) is 54.1 Å². The Morgan fingerprint density at radius 3 is 2.24 bits per heavy atom. The summed E-state index contributed by atoms with van der Waals surface area (Å²) in [6.07, 6.45) is 6.53. The van der Waals surface area contributed by atoms with Gasteiger partial charge in [0.05, 0.1) is 0 Å². The number of likely N-dealkylation sites (N-methyl/N-ethyl adjacent to an activating group) is 1. The van der Waals surface area contributed by atoms with Crippen LogP contribution in [-0.4, -0.2) is 52.6 Å². The highest BCUT2D eigenvalue weighted by Crippen LogP contribution is 2.45. The van der Waals surface area contributed by atoms with Gasteiger partial charge in [-0.2, -0.15) is 0 Å². The van der Waals surface area contributed by atoms with Gasteiger partial charge in [0.2, 0.25) is 5.91 Å². The zero-order valence-corrected chi connectivity index (χ0v) is 19.7. The zero-order valence-electron chi connectivity index (χ0n) is 19.7. The molecule has 6 rings (SSSR count). The van der Waals surface area contributed by atoms with E-state index >= 15 is 0 Å². The smallest absolute Gasteiger partial charge is 0.256 e. The van der Waals surface area contributed by atoms with Gasteiger partial charge < -0.3 is 4.90 Å². The summed E-state index contributed by atoms with van der Waals surface area (Å²) < 4.78 is 0. The van der Waals surface area contributed by atoms with Crippen molar-refractivity contribution in [1.29, 1.82) is 0 Å². The number of aliphatic imine (C=N–C) groups is 1. The van der Waals surface area contributed by atoms with E-state index < -0.39 is 5.54 Å².